The van der Waals surface area contributed by atoms with E-state index in [0.717, 1.165) is 25.7 Å². The minimum Gasteiger partial charge on any atom is -0.271 e. The molecule has 0 spiro atoms. The summed E-state index contributed by atoms with van der Waals surface area (Å²) in [6, 6.07) is 4.68. The number of unbranched alkanes of at least 4 members (excludes halogenated alkanes) is 1. The Labute approximate surface area is 96.2 Å². The van der Waals surface area contributed by atoms with Crippen molar-refractivity contribution in [2.24, 2.45) is 5.84 Å². The molecular formula is C12H20N2S. The van der Waals surface area contributed by atoms with Crippen LogP contribution in [0.25, 0.3) is 0 Å². The molecule has 2 nitrogen and oxygen atoms in total. The molecule has 1 rings (SSSR count). The van der Waals surface area contributed by atoms with Crippen LogP contribution in [0.5, 0.6) is 0 Å². The molecule has 1 unspecified atom stereocenters. The second kappa shape index (κ2) is 6.77. The third-order valence-corrected chi connectivity index (χ3v) is 3.82. The summed E-state index contributed by atoms with van der Waals surface area (Å²) in [5.74, 6) is 5.57. The molecule has 15 heavy (non-hydrogen) atoms. The smallest absolute Gasteiger partial charge is 0.0553 e. The number of nitrogens with two attached hydrogens (primary N) is 1. The molecular weight excluding hydrogens is 204 g/mol. The van der Waals surface area contributed by atoms with Crippen LogP contribution in [0, 0.1) is 0 Å². The number of rotatable bonds is 7. The Morgan fingerprint density at radius 3 is 2.93 bits per heavy atom. The van der Waals surface area contributed by atoms with Gasteiger partial charge in [-0.2, -0.15) is 0 Å². The number of aryl methyl sites for hydroxylation is 1. The first-order valence-electron chi connectivity index (χ1n) is 5.47. The lowest BCUT2D eigenvalue weighted by atomic mass is 10.1. The van der Waals surface area contributed by atoms with Gasteiger partial charge in [-0.1, -0.05) is 13.0 Å². The summed E-state index contributed by atoms with van der Waals surface area (Å²) < 4.78 is 0. The van der Waals surface area contributed by atoms with E-state index in [-0.39, 0.29) is 0 Å². The molecule has 0 amide bonds. The monoisotopic (exact) mass is 224 g/mol. The molecule has 0 aliphatic carbocycles. The van der Waals surface area contributed by atoms with Crippen LogP contribution in [0.15, 0.2) is 24.8 Å². The standard InChI is InChI=1S/C12H20N2S/c1-3-5-6-7-11(14-13)12-9-8-10(4-2)15-12/h3,8-9,11,14H,1,4-7,13H2,2H3. The van der Waals surface area contributed by atoms with Gasteiger partial charge < -0.3 is 0 Å². The number of allylic oxidation sites excluding steroid dienone is 1. The summed E-state index contributed by atoms with van der Waals surface area (Å²) in [5.41, 5.74) is 2.89. The molecule has 1 aromatic heterocycles. The number of hydrogen-bond acceptors (Lipinski definition) is 3. The first-order chi connectivity index (χ1) is 7.31. The molecule has 3 heteroatoms. The third kappa shape index (κ3) is 3.78. The Balaban J connectivity index is 2.53. The lowest BCUT2D eigenvalue weighted by molar-refractivity contribution is 0.508. The highest BCUT2D eigenvalue weighted by Gasteiger charge is 2.11. The van der Waals surface area contributed by atoms with Gasteiger partial charge in [-0.3, -0.25) is 11.3 Å². The lowest BCUT2D eigenvalue weighted by Gasteiger charge is -2.13. The molecule has 0 bridgehead atoms. The van der Waals surface area contributed by atoms with Crippen molar-refractivity contribution < 1.29 is 0 Å². The molecule has 0 aromatic carbocycles. The summed E-state index contributed by atoms with van der Waals surface area (Å²) in [5, 5.41) is 0. The second-order valence-corrected chi connectivity index (χ2v) is 4.80. The first-order valence-corrected chi connectivity index (χ1v) is 6.29. The molecule has 0 aliphatic rings. The summed E-state index contributed by atoms with van der Waals surface area (Å²) in [6.45, 7) is 5.90. The van der Waals surface area contributed by atoms with E-state index >= 15 is 0 Å². The fraction of sp³-hybridized carbons (Fsp3) is 0.500. The van der Waals surface area contributed by atoms with E-state index in [9.17, 15) is 0 Å². The second-order valence-electron chi connectivity index (χ2n) is 3.60. The minimum atomic E-state index is 0.301. The van der Waals surface area contributed by atoms with Crippen molar-refractivity contribution >= 4 is 11.3 Å². The zero-order chi connectivity index (χ0) is 11.1. The lowest BCUT2D eigenvalue weighted by Crippen LogP contribution is -2.27. The summed E-state index contributed by atoms with van der Waals surface area (Å²) in [4.78, 5) is 2.77. The molecule has 84 valence electrons. The third-order valence-electron chi connectivity index (χ3n) is 2.48. The molecule has 1 heterocycles. The van der Waals surface area contributed by atoms with Crippen molar-refractivity contribution in [3.05, 3.63) is 34.5 Å². The van der Waals surface area contributed by atoms with Crippen LogP contribution in [-0.2, 0) is 6.42 Å². The molecule has 0 radical (unpaired) electrons. The molecule has 0 aliphatic heterocycles. The fourth-order valence-corrected chi connectivity index (χ4v) is 2.59. The average molecular weight is 224 g/mol. The predicted octanol–water partition coefficient (Wildman–Crippen LogP) is 3.17. The number of nitrogens with one attached hydrogen (secondary N) is 1. The Morgan fingerprint density at radius 1 is 1.60 bits per heavy atom. The molecule has 0 saturated heterocycles. The average Bonchev–Trinajstić information content (AvgIpc) is 2.73. The Kier molecular flexibility index (Phi) is 5.61. The van der Waals surface area contributed by atoms with E-state index in [4.69, 9.17) is 5.84 Å². The normalized spacial score (nSPS) is 12.7. The minimum absolute atomic E-state index is 0.301. The van der Waals surface area contributed by atoms with E-state index in [1.54, 1.807) is 0 Å². The van der Waals surface area contributed by atoms with Gasteiger partial charge in [0.1, 0.15) is 0 Å². The van der Waals surface area contributed by atoms with E-state index in [1.165, 1.54) is 9.75 Å². The quantitative estimate of drug-likeness (QED) is 0.323. The van der Waals surface area contributed by atoms with Crippen molar-refractivity contribution in [2.75, 3.05) is 0 Å². The molecule has 0 fully saturated rings. The van der Waals surface area contributed by atoms with Crippen molar-refractivity contribution in [1.82, 2.24) is 5.43 Å². The van der Waals surface area contributed by atoms with Crippen LogP contribution < -0.4 is 11.3 Å². The van der Waals surface area contributed by atoms with E-state index in [0.29, 0.717) is 6.04 Å². The maximum Gasteiger partial charge on any atom is 0.0553 e. The van der Waals surface area contributed by atoms with E-state index in [1.807, 2.05) is 17.4 Å². The first kappa shape index (κ1) is 12.4. The van der Waals surface area contributed by atoms with Gasteiger partial charge >= 0.3 is 0 Å². The Hall–Kier alpha value is -0.640. The molecule has 1 aromatic rings. The van der Waals surface area contributed by atoms with Crippen LogP contribution in [0.2, 0.25) is 0 Å². The maximum absolute atomic E-state index is 5.57. The Morgan fingerprint density at radius 2 is 2.40 bits per heavy atom. The predicted molar refractivity (Wildman–Crippen MR) is 67.8 cm³/mol. The highest BCUT2D eigenvalue weighted by atomic mass is 32.1. The molecule has 3 N–H and O–H groups in total. The zero-order valence-corrected chi connectivity index (χ0v) is 10.1. The maximum atomic E-state index is 5.57. The SMILES string of the molecule is C=CCCCC(NN)c1ccc(CC)s1. The molecule has 0 saturated carbocycles. The van der Waals surface area contributed by atoms with Gasteiger partial charge in [0.2, 0.25) is 0 Å². The highest BCUT2D eigenvalue weighted by molar-refractivity contribution is 7.12. The van der Waals surface area contributed by atoms with Crippen molar-refractivity contribution in [3.63, 3.8) is 0 Å². The Bertz CT molecular complexity index is 294. The summed E-state index contributed by atoms with van der Waals surface area (Å²) in [7, 11) is 0. The molecule has 1 atom stereocenters. The van der Waals surface area contributed by atoms with Crippen molar-refractivity contribution in [3.8, 4) is 0 Å². The number of thiophene rings is 1. The van der Waals surface area contributed by atoms with E-state index in [2.05, 4.69) is 31.1 Å². The van der Waals surface area contributed by atoms with Gasteiger partial charge in [-0.05, 0) is 37.8 Å². The van der Waals surface area contributed by atoms with Crippen molar-refractivity contribution in [2.45, 2.75) is 38.6 Å². The van der Waals surface area contributed by atoms with Crippen LogP contribution >= 0.6 is 11.3 Å². The van der Waals surface area contributed by atoms with Crippen molar-refractivity contribution in [1.29, 1.82) is 0 Å². The fourth-order valence-electron chi connectivity index (χ4n) is 1.55. The van der Waals surface area contributed by atoms with Crippen LogP contribution in [-0.4, -0.2) is 0 Å². The van der Waals surface area contributed by atoms with Gasteiger partial charge in [0.15, 0.2) is 0 Å². The van der Waals surface area contributed by atoms with Gasteiger partial charge in [0.05, 0.1) is 6.04 Å². The van der Waals surface area contributed by atoms with Gasteiger partial charge in [-0.15, -0.1) is 17.9 Å². The largest absolute Gasteiger partial charge is 0.271 e. The van der Waals surface area contributed by atoms with Crippen LogP contribution in [0.3, 0.4) is 0 Å². The number of hydrazine groups is 1. The van der Waals surface area contributed by atoms with Gasteiger partial charge in [0.25, 0.3) is 0 Å². The van der Waals surface area contributed by atoms with Gasteiger partial charge in [0, 0.05) is 9.75 Å². The summed E-state index contributed by atoms with van der Waals surface area (Å²) >= 11 is 1.86. The highest BCUT2D eigenvalue weighted by Crippen LogP contribution is 2.26. The number of hydrogen-bond donors (Lipinski definition) is 2. The zero-order valence-electron chi connectivity index (χ0n) is 9.33. The van der Waals surface area contributed by atoms with Crippen LogP contribution in [0.4, 0.5) is 0 Å². The van der Waals surface area contributed by atoms with Gasteiger partial charge in [-0.25, -0.2) is 0 Å². The topological polar surface area (TPSA) is 38.0 Å². The van der Waals surface area contributed by atoms with Crippen LogP contribution in [0.1, 0.15) is 42.0 Å². The van der Waals surface area contributed by atoms with E-state index < -0.39 is 0 Å². The summed E-state index contributed by atoms with van der Waals surface area (Å²) in [6.07, 6.45) is 6.34.